The topological polar surface area (TPSA) is 3.88 Å². The smallest absolute Gasteiger partial charge is 0.201 e. The minimum Gasteiger partial charge on any atom is -0.201 e. The number of aromatic nitrogens is 1. The van der Waals surface area contributed by atoms with Gasteiger partial charge in [0.2, 0.25) is 5.69 Å². The average Bonchev–Trinajstić information content (AvgIpc) is 2.38. The summed E-state index contributed by atoms with van der Waals surface area (Å²) >= 11 is 0. The molecule has 0 saturated carbocycles. The lowest BCUT2D eigenvalue weighted by Gasteiger charge is -2.17. The lowest BCUT2D eigenvalue weighted by Crippen LogP contribution is -2.33. The van der Waals surface area contributed by atoms with Gasteiger partial charge in [-0.25, -0.2) is 4.57 Å². The van der Waals surface area contributed by atoms with Gasteiger partial charge >= 0.3 is 0 Å². The highest BCUT2D eigenvalue weighted by molar-refractivity contribution is 5.62. The zero-order chi connectivity index (χ0) is 14.9. The molecule has 1 aromatic carbocycles. The van der Waals surface area contributed by atoms with Crippen molar-refractivity contribution in [2.45, 2.75) is 46.5 Å². The van der Waals surface area contributed by atoms with E-state index in [-0.39, 0.29) is 5.41 Å². The summed E-state index contributed by atoms with van der Waals surface area (Å²) in [5.41, 5.74) is 6.91. The fourth-order valence-electron chi connectivity index (χ4n) is 2.50. The molecule has 2 rings (SSSR count). The van der Waals surface area contributed by atoms with Crippen LogP contribution in [0.25, 0.3) is 11.3 Å². The standard InChI is InChI=1S/C19H26N/c1-7-15-9-8-14(2)17(12-15)18-11-10-16(13-20(18)6)19(3,4)5/h8-13H,7H2,1-6H3/q+1. The molecule has 1 nitrogen and oxygen atoms in total. The van der Waals surface area contributed by atoms with Crippen LogP contribution in [-0.4, -0.2) is 0 Å². The SMILES string of the molecule is CCc1ccc(C)c(-c2ccc(C(C)(C)C)c[n+]2C)c1. The third-order valence-corrected chi connectivity index (χ3v) is 3.99. The van der Waals surface area contributed by atoms with E-state index in [0.29, 0.717) is 0 Å². The molecule has 0 aliphatic rings. The number of hydrogen-bond donors (Lipinski definition) is 0. The van der Waals surface area contributed by atoms with Gasteiger partial charge in [0.15, 0.2) is 6.20 Å². The summed E-state index contributed by atoms with van der Waals surface area (Å²) in [7, 11) is 2.14. The van der Waals surface area contributed by atoms with Gasteiger partial charge in [-0.3, -0.25) is 0 Å². The van der Waals surface area contributed by atoms with Gasteiger partial charge in [0.05, 0.1) is 0 Å². The van der Waals surface area contributed by atoms with Gasteiger partial charge < -0.3 is 0 Å². The second-order valence-corrected chi connectivity index (χ2v) is 6.67. The molecule has 0 aliphatic carbocycles. The highest BCUT2D eigenvalue weighted by Crippen LogP contribution is 2.25. The molecule has 0 saturated heterocycles. The predicted octanol–water partition coefficient (Wildman–Crippen LogP) is 4.35. The van der Waals surface area contributed by atoms with E-state index in [9.17, 15) is 0 Å². The molecular formula is C19H26N+. The molecule has 0 fully saturated rings. The van der Waals surface area contributed by atoms with Crippen LogP contribution >= 0.6 is 0 Å². The second kappa shape index (κ2) is 5.40. The average molecular weight is 268 g/mol. The van der Waals surface area contributed by atoms with E-state index in [2.05, 4.69) is 82.8 Å². The first kappa shape index (κ1) is 14.8. The Bertz CT molecular complexity index is 618. The molecule has 2 aromatic rings. The van der Waals surface area contributed by atoms with Crippen LogP contribution < -0.4 is 4.57 Å². The summed E-state index contributed by atoms with van der Waals surface area (Å²) in [4.78, 5) is 0. The molecule has 0 radical (unpaired) electrons. The molecule has 0 unspecified atom stereocenters. The second-order valence-electron chi connectivity index (χ2n) is 6.67. The number of benzene rings is 1. The molecule has 0 spiro atoms. The van der Waals surface area contributed by atoms with Gasteiger partial charge in [0.25, 0.3) is 0 Å². The summed E-state index contributed by atoms with van der Waals surface area (Å²) in [6, 6.07) is 11.3. The van der Waals surface area contributed by atoms with Crippen LogP contribution in [0.15, 0.2) is 36.5 Å². The van der Waals surface area contributed by atoms with Crippen LogP contribution in [0.1, 0.15) is 44.4 Å². The summed E-state index contributed by atoms with van der Waals surface area (Å²) in [5.74, 6) is 0. The van der Waals surface area contributed by atoms with E-state index in [1.165, 1.54) is 27.9 Å². The van der Waals surface area contributed by atoms with Gasteiger partial charge in [0, 0.05) is 17.2 Å². The first-order chi connectivity index (χ1) is 9.32. The van der Waals surface area contributed by atoms with Crippen LogP contribution in [0.5, 0.6) is 0 Å². The van der Waals surface area contributed by atoms with Gasteiger partial charge in [-0.05, 0) is 42.0 Å². The molecule has 106 valence electrons. The summed E-state index contributed by atoms with van der Waals surface area (Å²) in [6.45, 7) is 11.2. The third-order valence-electron chi connectivity index (χ3n) is 3.99. The molecule has 0 amide bonds. The van der Waals surface area contributed by atoms with Gasteiger partial charge in [0.1, 0.15) is 7.05 Å². The maximum atomic E-state index is 2.32. The quantitative estimate of drug-likeness (QED) is 0.713. The molecule has 0 atom stereocenters. The van der Waals surface area contributed by atoms with E-state index >= 15 is 0 Å². The maximum Gasteiger partial charge on any atom is 0.212 e. The minimum atomic E-state index is 0.191. The third kappa shape index (κ3) is 2.92. The zero-order valence-electron chi connectivity index (χ0n) is 13.6. The Balaban J connectivity index is 2.54. The first-order valence-electron chi connectivity index (χ1n) is 7.43. The molecule has 0 aliphatic heterocycles. The largest absolute Gasteiger partial charge is 0.212 e. The monoisotopic (exact) mass is 268 g/mol. The lowest BCUT2D eigenvalue weighted by molar-refractivity contribution is -0.661. The van der Waals surface area contributed by atoms with Crippen molar-refractivity contribution in [3.63, 3.8) is 0 Å². The molecule has 1 heterocycles. The van der Waals surface area contributed by atoms with Crippen molar-refractivity contribution in [1.82, 2.24) is 0 Å². The molecule has 0 N–H and O–H groups in total. The number of rotatable bonds is 2. The molecular weight excluding hydrogens is 242 g/mol. The van der Waals surface area contributed by atoms with Crippen LogP contribution in [0.4, 0.5) is 0 Å². The molecule has 20 heavy (non-hydrogen) atoms. The fraction of sp³-hybridized carbons (Fsp3) is 0.421. The van der Waals surface area contributed by atoms with Crippen LogP contribution in [0, 0.1) is 6.92 Å². The molecule has 1 heteroatoms. The zero-order valence-corrected chi connectivity index (χ0v) is 13.6. The van der Waals surface area contributed by atoms with Crippen molar-refractivity contribution in [3.8, 4) is 11.3 Å². The Morgan fingerprint density at radius 3 is 2.30 bits per heavy atom. The number of nitrogens with zero attached hydrogens (tertiary/aromatic N) is 1. The Morgan fingerprint density at radius 1 is 1.05 bits per heavy atom. The van der Waals surface area contributed by atoms with Gasteiger partial charge in [-0.2, -0.15) is 0 Å². The van der Waals surface area contributed by atoms with E-state index in [1.807, 2.05) is 0 Å². The van der Waals surface area contributed by atoms with Gasteiger partial charge in [-0.15, -0.1) is 0 Å². The van der Waals surface area contributed by atoms with E-state index < -0.39 is 0 Å². The normalized spacial score (nSPS) is 11.7. The Labute approximate surface area is 123 Å². The van der Waals surface area contributed by atoms with Crippen molar-refractivity contribution < 1.29 is 4.57 Å². The number of pyridine rings is 1. The molecule has 1 aromatic heterocycles. The summed E-state index contributed by atoms with van der Waals surface area (Å²) < 4.78 is 2.25. The highest BCUT2D eigenvalue weighted by Gasteiger charge is 2.20. The van der Waals surface area contributed by atoms with Crippen molar-refractivity contribution in [2.75, 3.05) is 0 Å². The Morgan fingerprint density at radius 2 is 1.75 bits per heavy atom. The highest BCUT2D eigenvalue weighted by atomic mass is 14.9. The van der Waals surface area contributed by atoms with Crippen molar-refractivity contribution in [2.24, 2.45) is 7.05 Å². The van der Waals surface area contributed by atoms with E-state index in [0.717, 1.165) is 6.42 Å². The van der Waals surface area contributed by atoms with Crippen LogP contribution in [0.2, 0.25) is 0 Å². The van der Waals surface area contributed by atoms with E-state index in [1.54, 1.807) is 0 Å². The van der Waals surface area contributed by atoms with Crippen molar-refractivity contribution in [1.29, 1.82) is 0 Å². The van der Waals surface area contributed by atoms with E-state index in [4.69, 9.17) is 0 Å². The van der Waals surface area contributed by atoms with Crippen LogP contribution in [0.3, 0.4) is 0 Å². The summed E-state index contributed by atoms with van der Waals surface area (Å²) in [5, 5.41) is 0. The predicted molar refractivity (Wildman–Crippen MR) is 85.9 cm³/mol. The summed E-state index contributed by atoms with van der Waals surface area (Å²) in [6.07, 6.45) is 3.34. The lowest BCUT2D eigenvalue weighted by atomic mass is 9.88. The van der Waals surface area contributed by atoms with Gasteiger partial charge in [-0.1, -0.05) is 39.8 Å². The number of hydrogen-bond acceptors (Lipinski definition) is 0. The van der Waals surface area contributed by atoms with Crippen LogP contribution in [-0.2, 0) is 18.9 Å². The minimum absolute atomic E-state index is 0.191. The van der Waals surface area contributed by atoms with Crippen molar-refractivity contribution in [3.05, 3.63) is 53.2 Å². The van der Waals surface area contributed by atoms with Crippen molar-refractivity contribution >= 4 is 0 Å². The maximum absolute atomic E-state index is 2.32. The molecule has 0 bridgehead atoms. The number of aryl methyl sites for hydroxylation is 3. The Kier molecular flexibility index (Phi) is 3.99. The first-order valence-corrected chi connectivity index (χ1v) is 7.43. The Hall–Kier alpha value is -1.63. The fourth-order valence-corrected chi connectivity index (χ4v) is 2.50.